The average molecular weight is 306 g/mol. The molecule has 0 radical (unpaired) electrons. The highest BCUT2D eigenvalue weighted by molar-refractivity contribution is 5.93. The lowest BCUT2D eigenvalue weighted by atomic mass is 10.5. The van der Waals surface area contributed by atoms with E-state index in [0.29, 0.717) is 12.2 Å². The molecule has 0 rings (SSSR count). The third-order valence-electron chi connectivity index (χ3n) is 1.04. The molecule has 1 atom stereocenters. The van der Waals surface area contributed by atoms with Gasteiger partial charge in [-0.05, 0) is 6.92 Å². The molecule has 10 nitrogen and oxygen atoms in total. The Hall–Kier alpha value is -2.72. The lowest BCUT2D eigenvalue weighted by Crippen LogP contribution is -2.06. The summed E-state index contributed by atoms with van der Waals surface area (Å²) in [5.74, 6) is -3.87. The molecule has 0 aromatic carbocycles. The van der Waals surface area contributed by atoms with Crippen molar-refractivity contribution in [3.63, 3.8) is 0 Å². The van der Waals surface area contributed by atoms with Gasteiger partial charge in [0.05, 0.1) is 12.7 Å². The zero-order chi connectivity index (χ0) is 17.4. The largest absolute Gasteiger partial charge is 0.478 e. The highest BCUT2D eigenvalue weighted by atomic mass is 16.4. The first-order valence-electron chi connectivity index (χ1n) is 5.22. The molecule has 0 bridgehead atoms. The summed E-state index contributed by atoms with van der Waals surface area (Å²) < 4.78 is 0. The van der Waals surface area contributed by atoms with E-state index in [1.54, 1.807) is 0 Å². The number of aliphatic carboxylic acids is 2. The van der Waals surface area contributed by atoms with Crippen LogP contribution in [0.15, 0.2) is 24.3 Å². The highest BCUT2D eigenvalue weighted by Crippen LogP contribution is 1.69. The maximum absolute atomic E-state index is 9.78. The highest BCUT2D eigenvalue weighted by Gasteiger charge is 1.86. The van der Waals surface area contributed by atoms with Crippen LogP contribution in [0.2, 0.25) is 0 Å². The van der Waals surface area contributed by atoms with Crippen LogP contribution >= 0.6 is 0 Å². The average Bonchev–Trinajstić information content (AvgIpc) is 2.35. The van der Waals surface area contributed by atoms with Crippen molar-refractivity contribution in [1.82, 2.24) is 0 Å². The first-order chi connectivity index (χ1) is 9.52. The van der Waals surface area contributed by atoms with Crippen molar-refractivity contribution in [2.45, 2.75) is 13.0 Å². The zero-order valence-electron chi connectivity index (χ0n) is 11.2. The minimum atomic E-state index is -1.18. The predicted molar refractivity (Wildman–Crippen MR) is 70.7 cm³/mol. The quantitative estimate of drug-likeness (QED) is 0.301. The number of carbonyl (C=O) groups is 4. The predicted octanol–water partition coefficient (Wildman–Crippen LogP) is -2.42. The van der Waals surface area contributed by atoms with Crippen LogP contribution in [-0.2, 0) is 19.2 Å². The summed E-state index contributed by atoms with van der Waals surface area (Å²) in [7, 11) is 0. The van der Waals surface area contributed by atoms with Crippen LogP contribution in [0, 0.1) is 0 Å². The Morgan fingerprint density at radius 1 is 0.905 bits per heavy atom. The summed E-state index contributed by atoms with van der Waals surface area (Å²) in [5.41, 5.74) is 9.10. The molecule has 2 amide bonds. The molecule has 0 spiro atoms. The maximum atomic E-state index is 9.78. The second-order valence-corrected chi connectivity index (χ2v) is 3.18. The third kappa shape index (κ3) is 46.8. The van der Waals surface area contributed by atoms with Crippen LogP contribution in [0.3, 0.4) is 0 Å². The Morgan fingerprint density at radius 3 is 1.19 bits per heavy atom. The summed E-state index contributed by atoms with van der Waals surface area (Å²) in [5, 5.41) is 31.7. The summed E-state index contributed by atoms with van der Waals surface area (Å²) in [6.45, 7) is 1.39. The third-order valence-corrected chi connectivity index (χ3v) is 1.04. The number of carbonyl (C=O) groups excluding carboxylic acids is 2. The molecule has 120 valence electrons. The van der Waals surface area contributed by atoms with E-state index in [4.69, 9.17) is 20.4 Å². The van der Waals surface area contributed by atoms with E-state index in [1.165, 1.54) is 6.92 Å². The summed E-state index contributed by atoms with van der Waals surface area (Å²) in [6, 6.07) is 0. The Morgan fingerprint density at radius 2 is 1.14 bits per heavy atom. The van der Waals surface area contributed by atoms with Gasteiger partial charge in [-0.3, -0.25) is 9.59 Å². The molecule has 10 heteroatoms. The second kappa shape index (κ2) is 15.3. The van der Waals surface area contributed by atoms with Gasteiger partial charge in [0.1, 0.15) is 0 Å². The molecule has 0 saturated heterocycles. The first-order valence-corrected chi connectivity index (χ1v) is 5.22. The molecular weight excluding hydrogens is 288 g/mol. The number of primary amides is 2. The van der Waals surface area contributed by atoms with Gasteiger partial charge >= 0.3 is 11.9 Å². The van der Waals surface area contributed by atoms with Gasteiger partial charge in [0.15, 0.2) is 0 Å². The van der Waals surface area contributed by atoms with E-state index < -0.39 is 29.9 Å². The molecule has 0 fully saturated rings. The molecule has 0 aromatic rings. The van der Waals surface area contributed by atoms with E-state index in [2.05, 4.69) is 11.5 Å². The minimum Gasteiger partial charge on any atom is -0.478 e. The lowest BCUT2D eigenvalue weighted by Gasteiger charge is -1.90. The Kier molecular flexibility index (Phi) is 17.1. The second-order valence-electron chi connectivity index (χ2n) is 3.18. The molecule has 0 aromatic heterocycles. The molecule has 8 N–H and O–H groups in total. The SMILES string of the molecule is CC(O)CO.NC(=O)/C=C\C(=O)O.NC(=O)/C=C\C(=O)O. The van der Waals surface area contributed by atoms with Crippen molar-refractivity contribution in [3.05, 3.63) is 24.3 Å². The van der Waals surface area contributed by atoms with Gasteiger partial charge in [-0.25, -0.2) is 9.59 Å². The minimum absolute atomic E-state index is 0.139. The molecule has 0 saturated carbocycles. The Balaban J connectivity index is -0.000000239. The molecule has 0 aliphatic rings. The van der Waals surface area contributed by atoms with Gasteiger partial charge < -0.3 is 31.9 Å². The van der Waals surface area contributed by atoms with E-state index in [1.807, 2.05) is 0 Å². The van der Waals surface area contributed by atoms with Gasteiger partial charge in [-0.2, -0.15) is 0 Å². The first kappa shape index (κ1) is 23.4. The molecule has 0 aliphatic carbocycles. The van der Waals surface area contributed by atoms with Crippen LogP contribution < -0.4 is 11.5 Å². The fourth-order valence-electron chi connectivity index (χ4n) is 0.307. The van der Waals surface area contributed by atoms with Crippen molar-refractivity contribution in [3.8, 4) is 0 Å². The summed E-state index contributed by atoms with van der Waals surface area (Å²) in [6.07, 6.45) is 2.37. The van der Waals surface area contributed by atoms with E-state index in [9.17, 15) is 19.2 Å². The number of carboxylic acid groups (broad SMARTS) is 2. The summed E-state index contributed by atoms with van der Waals surface area (Å²) in [4.78, 5) is 38.8. The molecule has 1 unspecified atom stereocenters. The number of rotatable bonds is 5. The number of hydrogen-bond acceptors (Lipinski definition) is 6. The molecule has 0 heterocycles. The fraction of sp³-hybridized carbons (Fsp3) is 0.273. The number of aliphatic hydroxyl groups is 2. The lowest BCUT2D eigenvalue weighted by molar-refractivity contribution is -0.132. The molecule has 21 heavy (non-hydrogen) atoms. The van der Waals surface area contributed by atoms with Crippen molar-refractivity contribution < 1.29 is 39.6 Å². The zero-order valence-corrected chi connectivity index (χ0v) is 11.2. The van der Waals surface area contributed by atoms with Crippen LogP contribution in [0.5, 0.6) is 0 Å². The normalized spacial score (nSPS) is 10.8. The van der Waals surface area contributed by atoms with Crippen molar-refractivity contribution in [2.75, 3.05) is 6.61 Å². The number of nitrogens with two attached hydrogens (primary N) is 2. The number of carboxylic acids is 2. The monoisotopic (exact) mass is 306 g/mol. The van der Waals surface area contributed by atoms with Crippen LogP contribution in [-0.4, -0.2) is 56.9 Å². The van der Waals surface area contributed by atoms with Gasteiger partial charge in [-0.1, -0.05) is 0 Å². The van der Waals surface area contributed by atoms with Gasteiger partial charge in [0.25, 0.3) is 0 Å². The summed E-state index contributed by atoms with van der Waals surface area (Å²) >= 11 is 0. The maximum Gasteiger partial charge on any atom is 0.328 e. The van der Waals surface area contributed by atoms with E-state index in [-0.39, 0.29) is 6.61 Å². The number of amides is 2. The number of hydrogen-bond donors (Lipinski definition) is 6. The van der Waals surface area contributed by atoms with Gasteiger partial charge in [0, 0.05) is 24.3 Å². The van der Waals surface area contributed by atoms with Crippen molar-refractivity contribution in [1.29, 1.82) is 0 Å². The van der Waals surface area contributed by atoms with Gasteiger partial charge in [0.2, 0.25) is 11.8 Å². The van der Waals surface area contributed by atoms with Crippen LogP contribution in [0.25, 0.3) is 0 Å². The Bertz CT molecular complexity index is 335. The van der Waals surface area contributed by atoms with Crippen molar-refractivity contribution >= 4 is 23.8 Å². The molecular formula is C11H18N2O8. The number of aliphatic hydroxyl groups excluding tert-OH is 2. The Labute approximate surface area is 120 Å². The van der Waals surface area contributed by atoms with E-state index in [0.717, 1.165) is 12.2 Å². The van der Waals surface area contributed by atoms with Crippen LogP contribution in [0.1, 0.15) is 6.92 Å². The standard InChI is InChI=1S/2C4H5NO3.C3H8O2/c2*5-3(6)1-2-4(7)8;1-3(5)2-4/h2*1-2H,(H2,5,6)(H,7,8);3-5H,2H2,1H3/b2*2-1-;. The fourth-order valence-corrected chi connectivity index (χ4v) is 0.307. The van der Waals surface area contributed by atoms with Crippen molar-refractivity contribution in [2.24, 2.45) is 11.5 Å². The smallest absolute Gasteiger partial charge is 0.328 e. The van der Waals surface area contributed by atoms with Crippen LogP contribution in [0.4, 0.5) is 0 Å². The topological polar surface area (TPSA) is 201 Å². The van der Waals surface area contributed by atoms with Gasteiger partial charge in [-0.15, -0.1) is 0 Å². The van der Waals surface area contributed by atoms with E-state index >= 15 is 0 Å². The molecule has 0 aliphatic heterocycles.